The first kappa shape index (κ1) is 26.3. The van der Waals surface area contributed by atoms with Crippen LogP contribution in [0.2, 0.25) is 5.02 Å². The quantitative estimate of drug-likeness (QED) is 0.510. The van der Waals surface area contributed by atoms with Crippen molar-refractivity contribution in [3.05, 3.63) is 41.0 Å². The molecule has 4 rings (SSSR count). The summed E-state index contributed by atoms with van der Waals surface area (Å²) >= 11 is 5.90. The second-order valence-electron chi connectivity index (χ2n) is 8.52. The second kappa shape index (κ2) is 11.4. The van der Waals surface area contributed by atoms with Crippen LogP contribution in [0.15, 0.2) is 30.5 Å². The third-order valence-electron chi connectivity index (χ3n) is 5.82. The van der Waals surface area contributed by atoms with Gasteiger partial charge < -0.3 is 16.4 Å². The molecule has 2 saturated carbocycles. The number of carbonyl (C=O) groups is 2. The molecule has 35 heavy (non-hydrogen) atoms. The first-order valence-corrected chi connectivity index (χ1v) is 11.5. The SMILES string of the molecule is FC1(F)CC1.N#CC1CC(C(=O)NCCF)CCC1n1cc(C(N)=O)c(Nc2ccc(Cl)cc2)n1. The average Bonchev–Trinajstić information content (AvgIpc) is 3.37. The summed E-state index contributed by atoms with van der Waals surface area (Å²) in [7, 11) is 0. The van der Waals surface area contributed by atoms with Crippen LogP contribution in [-0.2, 0) is 4.79 Å². The van der Waals surface area contributed by atoms with Crippen LogP contribution in [0.3, 0.4) is 0 Å². The van der Waals surface area contributed by atoms with Crippen molar-refractivity contribution in [1.82, 2.24) is 15.1 Å². The molecule has 188 valence electrons. The highest BCUT2D eigenvalue weighted by Crippen LogP contribution is 2.40. The van der Waals surface area contributed by atoms with E-state index in [4.69, 9.17) is 17.3 Å². The lowest BCUT2D eigenvalue weighted by molar-refractivity contribution is -0.126. The summed E-state index contributed by atoms with van der Waals surface area (Å²) < 4.78 is 36.1. The molecule has 8 nitrogen and oxygen atoms in total. The third-order valence-corrected chi connectivity index (χ3v) is 6.07. The number of aromatic nitrogens is 2. The zero-order valence-corrected chi connectivity index (χ0v) is 19.6. The van der Waals surface area contributed by atoms with Crippen molar-refractivity contribution in [3.8, 4) is 6.07 Å². The number of nitriles is 1. The molecule has 1 heterocycles. The van der Waals surface area contributed by atoms with E-state index in [0.717, 1.165) is 0 Å². The maximum atomic E-state index is 12.3. The summed E-state index contributed by atoms with van der Waals surface area (Å²) in [6.45, 7) is -0.661. The lowest BCUT2D eigenvalue weighted by Crippen LogP contribution is -2.37. The third kappa shape index (κ3) is 7.36. The van der Waals surface area contributed by atoms with Gasteiger partial charge in [0.2, 0.25) is 11.8 Å². The van der Waals surface area contributed by atoms with Gasteiger partial charge in [-0.15, -0.1) is 0 Å². The van der Waals surface area contributed by atoms with Crippen molar-refractivity contribution in [1.29, 1.82) is 5.26 Å². The predicted octanol–water partition coefficient (Wildman–Crippen LogP) is 4.36. The maximum absolute atomic E-state index is 12.3. The number of amides is 2. The number of alkyl halides is 3. The van der Waals surface area contributed by atoms with E-state index in [0.29, 0.717) is 30.0 Å². The molecule has 1 aromatic heterocycles. The van der Waals surface area contributed by atoms with Crippen molar-refractivity contribution in [2.24, 2.45) is 17.6 Å². The van der Waals surface area contributed by atoms with Crippen molar-refractivity contribution in [2.45, 2.75) is 44.1 Å². The van der Waals surface area contributed by atoms with Crippen molar-refractivity contribution >= 4 is 34.9 Å². The Morgan fingerprint density at radius 2 is 1.91 bits per heavy atom. The first-order chi connectivity index (χ1) is 16.6. The number of halogens is 4. The van der Waals surface area contributed by atoms with Crippen molar-refractivity contribution in [2.75, 3.05) is 18.5 Å². The molecular formula is C23H26ClF3N6O2. The summed E-state index contributed by atoms with van der Waals surface area (Å²) in [6, 6.07) is 8.82. The molecule has 2 aliphatic carbocycles. The number of primary amides is 1. The number of nitrogens with one attached hydrogen (secondary N) is 2. The molecule has 0 aliphatic heterocycles. The number of anilines is 2. The van der Waals surface area contributed by atoms with E-state index in [-0.39, 0.29) is 48.6 Å². The lowest BCUT2D eigenvalue weighted by Gasteiger charge is -2.31. The van der Waals surface area contributed by atoms with Gasteiger partial charge in [0.15, 0.2) is 5.82 Å². The summed E-state index contributed by atoms with van der Waals surface area (Å²) in [6.07, 6.45) is 3.16. The van der Waals surface area contributed by atoms with E-state index < -0.39 is 24.4 Å². The van der Waals surface area contributed by atoms with E-state index in [9.17, 15) is 28.0 Å². The van der Waals surface area contributed by atoms with Crippen LogP contribution in [0.1, 0.15) is 48.5 Å². The summed E-state index contributed by atoms with van der Waals surface area (Å²) in [5.74, 6) is -3.69. The standard InChI is InChI=1S/C20H22ClFN6O2.C3H4F2/c21-14-2-4-15(5-3-14)26-19-16(18(24)29)11-28(27-19)17-6-1-12(9-13(17)10-23)20(30)25-8-7-22;4-3(5)1-2-3/h2-5,11-13,17H,1,6-9H2,(H2,24,29)(H,25,30)(H,26,27);1-2H2. The maximum Gasteiger partial charge on any atom is 0.254 e. The molecule has 12 heteroatoms. The van der Waals surface area contributed by atoms with E-state index in [1.807, 2.05) is 0 Å². The Balaban J connectivity index is 0.000000607. The number of hydrogen-bond acceptors (Lipinski definition) is 5. The summed E-state index contributed by atoms with van der Waals surface area (Å²) in [4.78, 5) is 24.1. The van der Waals surface area contributed by atoms with E-state index in [1.165, 1.54) is 6.20 Å². The topological polar surface area (TPSA) is 126 Å². The van der Waals surface area contributed by atoms with Gasteiger partial charge >= 0.3 is 0 Å². The molecular weight excluding hydrogens is 485 g/mol. The average molecular weight is 511 g/mol. The van der Waals surface area contributed by atoms with Crippen LogP contribution in [0.5, 0.6) is 0 Å². The number of nitrogens with two attached hydrogens (primary N) is 1. The van der Waals surface area contributed by atoms with Gasteiger partial charge in [-0.05, 0) is 43.5 Å². The van der Waals surface area contributed by atoms with E-state index in [1.54, 1.807) is 28.9 Å². The smallest absolute Gasteiger partial charge is 0.254 e. The number of hydrogen-bond donors (Lipinski definition) is 3. The Morgan fingerprint density at radius 3 is 2.46 bits per heavy atom. The summed E-state index contributed by atoms with van der Waals surface area (Å²) in [5, 5.41) is 20.3. The Bertz CT molecular complexity index is 1080. The molecule has 0 spiro atoms. The number of nitrogens with zero attached hydrogens (tertiary/aromatic N) is 3. The number of rotatable bonds is 7. The van der Waals surface area contributed by atoms with Crippen molar-refractivity contribution in [3.63, 3.8) is 0 Å². The van der Waals surface area contributed by atoms with E-state index >= 15 is 0 Å². The lowest BCUT2D eigenvalue weighted by atomic mass is 9.78. The van der Waals surface area contributed by atoms with Gasteiger partial charge in [0.05, 0.1) is 18.0 Å². The highest BCUT2D eigenvalue weighted by molar-refractivity contribution is 6.30. The summed E-state index contributed by atoms with van der Waals surface area (Å²) in [5.41, 5.74) is 6.39. The second-order valence-corrected chi connectivity index (χ2v) is 8.95. The minimum atomic E-state index is -2.25. The molecule has 2 fully saturated rings. The van der Waals surface area contributed by atoms with Gasteiger partial charge in [-0.1, -0.05) is 11.6 Å². The largest absolute Gasteiger partial charge is 0.365 e. The zero-order valence-electron chi connectivity index (χ0n) is 18.8. The number of benzene rings is 1. The van der Waals surface area contributed by atoms with Gasteiger partial charge in [-0.25, -0.2) is 13.2 Å². The molecule has 0 radical (unpaired) electrons. The monoisotopic (exact) mass is 510 g/mol. The molecule has 4 N–H and O–H groups in total. The van der Waals surface area contributed by atoms with Gasteiger partial charge in [0, 0.05) is 42.2 Å². The molecule has 2 aromatic rings. The molecule has 0 saturated heterocycles. The van der Waals surface area contributed by atoms with Crippen LogP contribution >= 0.6 is 11.6 Å². The Hall–Kier alpha value is -3.26. The highest BCUT2D eigenvalue weighted by atomic mass is 35.5. The van der Waals surface area contributed by atoms with Crippen LogP contribution in [-0.4, -0.2) is 40.7 Å². The first-order valence-electron chi connectivity index (χ1n) is 11.2. The minimum Gasteiger partial charge on any atom is -0.365 e. The molecule has 3 atom stereocenters. The van der Waals surface area contributed by atoms with Crippen LogP contribution in [0.25, 0.3) is 0 Å². The molecule has 2 amide bonds. The van der Waals surface area contributed by atoms with Crippen LogP contribution in [0, 0.1) is 23.2 Å². The van der Waals surface area contributed by atoms with Gasteiger partial charge in [-0.3, -0.25) is 14.3 Å². The minimum absolute atomic E-state index is 0.0309. The number of carbonyl (C=O) groups excluding carboxylic acids is 2. The Kier molecular flexibility index (Phi) is 8.62. The van der Waals surface area contributed by atoms with Crippen LogP contribution in [0.4, 0.5) is 24.7 Å². The fraction of sp³-hybridized carbons (Fsp3) is 0.478. The molecule has 3 unspecified atom stereocenters. The van der Waals surface area contributed by atoms with E-state index in [2.05, 4.69) is 21.8 Å². The predicted molar refractivity (Wildman–Crippen MR) is 124 cm³/mol. The fourth-order valence-corrected chi connectivity index (χ4v) is 3.89. The molecule has 0 bridgehead atoms. The van der Waals surface area contributed by atoms with Crippen molar-refractivity contribution < 1.29 is 22.8 Å². The Labute approximate surface area is 205 Å². The fourth-order valence-electron chi connectivity index (χ4n) is 3.76. The van der Waals surface area contributed by atoms with Gasteiger partial charge in [0.1, 0.15) is 12.2 Å². The van der Waals surface area contributed by atoms with Gasteiger partial charge in [0.25, 0.3) is 5.91 Å². The van der Waals surface area contributed by atoms with Gasteiger partial charge in [-0.2, -0.15) is 10.4 Å². The highest BCUT2D eigenvalue weighted by Gasteiger charge is 2.43. The normalized spacial score (nSPS) is 22.2. The molecule has 2 aliphatic rings. The van der Waals surface area contributed by atoms with Crippen LogP contribution < -0.4 is 16.4 Å². The molecule has 1 aromatic carbocycles. The Morgan fingerprint density at radius 1 is 1.26 bits per heavy atom. The zero-order chi connectivity index (χ0) is 25.6.